The second-order valence-corrected chi connectivity index (χ2v) is 3.59. The van der Waals surface area contributed by atoms with Crippen molar-refractivity contribution in [3.63, 3.8) is 0 Å². The van der Waals surface area contributed by atoms with Crippen molar-refractivity contribution in [2.75, 3.05) is 6.54 Å². The van der Waals surface area contributed by atoms with Gasteiger partial charge in [-0.25, -0.2) is 0 Å². The zero-order chi connectivity index (χ0) is 12.1. The van der Waals surface area contributed by atoms with Gasteiger partial charge in [0.1, 0.15) is 5.69 Å². The van der Waals surface area contributed by atoms with Crippen LogP contribution in [0.5, 0.6) is 0 Å². The molecule has 0 aliphatic rings. The molecule has 0 unspecified atom stereocenters. The number of nitrogens with zero attached hydrogens (tertiary/aromatic N) is 3. The highest BCUT2D eigenvalue weighted by atomic mass is 16.4. The molecule has 0 spiro atoms. The van der Waals surface area contributed by atoms with Gasteiger partial charge < -0.3 is 15.8 Å². The fraction of sp³-hybridized carbons (Fsp3) is 0.444. The molecule has 1 heterocycles. The van der Waals surface area contributed by atoms with Gasteiger partial charge in [-0.15, -0.1) is 0 Å². The molecule has 1 amide bonds. The van der Waals surface area contributed by atoms with Gasteiger partial charge >= 0.3 is 0 Å². The molecule has 0 atom stereocenters. The molecule has 0 aromatic carbocycles. The van der Waals surface area contributed by atoms with E-state index in [4.69, 9.17) is 10.9 Å². The first-order valence-electron chi connectivity index (χ1n) is 4.83. The molecule has 7 heteroatoms. The maximum atomic E-state index is 12.0. The van der Waals surface area contributed by atoms with Crippen LogP contribution in [0.4, 0.5) is 0 Å². The Morgan fingerprint density at radius 3 is 2.88 bits per heavy atom. The Bertz CT molecular complexity index is 371. The van der Waals surface area contributed by atoms with Gasteiger partial charge in [-0.05, 0) is 19.9 Å². The van der Waals surface area contributed by atoms with Gasteiger partial charge in [0.15, 0.2) is 5.84 Å². The number of aromatic amines is 1. The highest BCUT2D eigenvalue weighted by Crippen LogP contribution is 2.05. The van der Waals surface area contributed by atoms with Gasteiger partial charge in [-0.1, -0.05) is 5.16 Å². The number of amides is 1. The van der Waals surface area contributed by atoms with E-state index < -0.39 is 0 Å². The molecule has 88 valence electrons. The van der Waals surface area contributed by atoms with Gasteiger partial charge in [-0.2, -0.15) is 5.10 Å². The summed E-state index contributed by atoms with van der Waals surface area (Å²) >= 11 is 0. The summed E-state index contributed by atoms with van der Waals surface area (Å²) in [5, 5.41) is 17.6. The van der Waals surface area contributed by atoms with Crippen LogP contribution in [0.1, 0.15) is 24.3 Å². The normalized spacial score (nSPS) is 11.8. The van der Waals surface area contributed by atoms with Gasteiger partial charge in [0.25, 0.3) is 5.91 Å². The average Bonchev–Trinajstić information content (AvgIpc) is 2.77. The van der Waals surface area contributed by atoms with Crippen molar-refractivity contribution in [2.24, 2.45) is 10.9 Å². The molecular weight excluding hydrogens is 210 g/mol. The van der Waals surface area contributed by atoms with Crippen molar-refractivity contribution < 1.29 is 10.0 Å². The fourth-order valence-corrected chi connectivity index (χ4v) is 1.22. The number of nitrogens with two attached hydrogens (primary N) is 1. The van der Waals surface area contributed by atoms with Crippen LogP contribution in [0.25, 0.3) is 0 Å². The molecule has 7 nitrogen and oxygen atoms in total. The Balaban J connectivity index is 2.82. The van der Waals surface area contributed by atoms with E-state index in [9.17, 15) is 4.79 Å². The van der Waals surface area contributed by atoms with Crippen molar-refractivity contribution >= 4 is 11.7 Å². The van der Waals surface area contributed by atoms with E-state index in [1.807, 2.05) is 13.8 Å². The second-order valence-electron chi connectivity index (χ2n) is 3.59. The highest BCUT2D eigenvalue weighted by Gasteiger charge is 2.20. The molecule has 0 saturated heterocycles. The molecule has 0 fully saturated rings. The van der Waals surface area contributed by atoms with Crippen LogP contribution in [-0.2, 0) is 0 Å². The summed E-state index contributed by atoms with van der Waals surface area (Å²) in [6.07, 6.45) is 1.50. The number of hydrogen-bond donors (Lipinski definition) is 3. The Labute approximate surface area is 92.9 Å². The first-order chi connectivity index (χ1) is 7.56. The van der Waals surface area contributed by atoms with E-state index in [-0.39, 0.29) is 24.3 Å². The van der Waals surface area contributed by atoms with Crippen molar-refractivity contribution in [1.29, 1.82) is 0 Å². The number of nitrogens with one attached hydrogen (secondary N) is 1. The topological polar surface area (TPSA) is 108 Å². The summed E-state index contributed by atoms with van der Waals surface area (Å²) in [6, 6.07) is 1.51. The van der Waals surface area contributed by atoms with Crippen LogP contribution >= 0.6 is 0 Å². The summed E-state index contributed by atoms with van der Waals surface area (Å²) in [6.45, 7) is 3.77. The predicted octanol–water partition coefficient (Wildman–Crippen LogP) is 0.00670. The van der Waals surface area contributed by atoms with Crippen LogP contribution in [0.3, 0.4) is 0 Å². The third-order valence-corrected chi connectivity index (χ3v) is 2.08. The summed E-state index contributed by atoms with van der Waals surface area (Å²) in [5.74, 6) is -0.249. The van der Waals surface area contributed by atoms with Crippen molar-refractivity contribution in [2.45, 2.75) is 19.9 Å². The number of aromatic nitrogens is 2. The maximum absolute atomic E-state index is 12.0. The molecule has 0 bridgehead atoms. The lowest BCUT2D eigenvalue weighted by Crippen LogP contribution is -2.43. The molecule has 0 radical (unpaired) electrons. The van der Waals surface area contributed by atoms with Gasteiger partial charge in [0, 0.05) is 12.2 Å². The number of oxime groups is 1. The lowest BCUT2D eigenvalue weighted by atomic mass is 10.2. The van der Waals surface area contributed by atoms with Crippen LogP contribution in [-0.4, -0.2) is 44.6 Å². The van der Waals surface area contributed by atoms with Crippen LogP contribution in [0, 0.1) is 0 Å². The molecule has 4 N–H and O–H groups in total. The standard InChI is InChI=1S/C9H15N5O2/c1-6(2)14(5-8(10)13-16)9(15)7-3-4-11-12-7/h3-4,6,16H,5H2,1-2H3,(H2,10,13)(H,11,12). The van der Waals surface area contributed by atoms with Gasteiger partial charge in [-0.3, -0.25) is 9.89 Å². The Hall–Kier alpha value is -2.05. The van der Waals surface area contributed by atoms with E-state index in [0.29, 0.717) is 5.69 Å². The molecule has 0 saturated carbocycles. The smallest absolute Gasteiger partial charge is 0.272 e. The Morgan fingerprint density at radius 1 is 1.75 bits per heavy atom. The SMILES string of the molecule is CC(C)N(CC(N)=NO)C(=O)c1ccn[nH]1. The number of H-pyrrole nitrogens is 1. The first kappa shape index (κ1) is 12.0. The monoisotopic (exact) mass is 225 g/mol. The minimum atomic E-state index is -0.237. The third kappa shape index (κ3) is 2.72. The third-order valence-electron chi connectivity index (χ3n) is 2.08. The number of carbonyl (C=O) groups is 1. The second kappa shape index (κ2) is 5.15. The van der Waals surface area contributed by atoms with E-state index >= 15 is 0 Å². The summed E-state index contributed by atoms with van der Waals surface area (Å²) in [4.78, 5) is 13.4. The molecule has 16 heavy (non-hydrogen) atoms. The summed E-state index contributed by atoms with van der Waals surface area (Å²) in [5.41, 5.74) is 5.76. The number of carbonyl (C=O) groups excluding carboxylic acids is 1. The highest BCUT2D eigenvalue weighted by molar-refractivity contribution is 5.95. The zero-order valence-electron chi connectivity index (χ0n) is 9.21. The Kier molecular flexibility index (Phi) is 3.87. The van der Waals surface area contributed by atoms with E-state index in [2.05, 4.69) is 15.4 Å². The lowest BCUT2D eigenvalue weighted by Gasteiger charge is -2.25. The number of hydrogen-bond acceptors (Lipinski definition) is 4. The summed E-state index contributed by atoms with van der Waals surface area (Å²) < 4.78 is 0. The number of rotatable bonds is 4. The summed E-state index contributed by atoms with van der Waals surface area (Å²) in [7, 11) is 0. The van der Waals surface area contributed by atoms with E-state index in [1.165, 1.54) is 11.1 Å². The molecule has 0 aliphatic heterocycles. The van der Waals surface area contributed by atoms with Crippen LogP contribution < -0.4 is 5.73 Å². The lowest BCUT2D eigenvalue weighted by molar-refractivity contribution is 0.0728. The van der Waals surface area contributed by atoms with Crippen molar-refractivity contribution in [1.82, 2.24) is 15.1 Å². The molecular formula is C9H15N5O2. The van der Waals surface area contributed by atoms with Crippen LogP contribution in [0.15, 0.2) is 17.4 Å². The number of amidine groups is 1. The quantitative estimate of drug-likeness (QED) is 0.290. The maximum Gasteiger partial charge on any atom is 0.272 e. The predicted molar refractivity (Wildman–Crippen MR) is 58.2 cm³/mol. The molecule has 1 rings (SSSR count). The first-order valence-corrected chi connectivity index (χ1v) is 4.83. The molecule has 1 aromatic heterocycles. The molecule has 1 aromatic rings. The van der Waals surface area contributed by atoms with Crippen molar-refractivity contribution in [3.05, 3.63) is 18.0 Å². The Morgan fingerprint density at radius 2 is 2.44 bits per heavy atom. The average molecular weight is 225 g/mol. The van der Waals surface area contributed by atoms with Gasteiger partial charge in [0.05, 0.1) is 6.54 Å². The minimum absolute atomic E-state index is 0.0124. The van der Waals surface area contributed by atoms with Crippen LogP contribution in [0.2, 0.25) is 0 Å². The minimum Gasteiger partial charge on any atom is -0.409 e. The largest absolute Gasteiger partial charge is 0.409 e. The van der Waals surface area contributed by atoms with Crippen molar-refractivity contribution in [3.8, 4) is 0 Å². The molecule has 0 aliphatic carbocycles. The van der Waals surface area contributed by atoms with Gasteiger partial charge in [0.2, 0.25) is 0 Å². The fourth-order valence-electron chi connectivity index (χ4n) is 1.22. The van der Waals surface area contributed by atoms with E-state index in [0.717, 1.165) is 0 Å². The van der Waals surface area contributed by atoms with E-state index in [1.54, 1.807) is 6.07 Å². The zero-order valence-corrected chi connectivity index (χ0v) is 9.21.